The zero-order valence-corrected chi connectivity index (χ0v) is 17.4. The Morgan fingerprint density at radius 2 is 2.03 bits per heavy atom. The molecule has 0 spiro atoms. The van der Waals surface area contributed by atoms with Crippen LogP contribution in [0, 0.1) is 5.82 Å². The molecule has 160 valence electrons. The highest BCUT2D eigenvalue weighted by Crippen LogP contribution is 2.29. The van der Waals surface area contributed by atoms with E-state index in [4.69, 9.17) is 14.3 Å². The van der Waals surface area contributed by atoms with Crippen LogP contribution in [0.2, 0.25) is 0 Å². The molecule has 0 bridgehead atoms. The molecule has 0 unspecified atom stereocenters. The molecule has 0 saturated carbocycles. The Bertz CT molecular complexity index is 919. The minimum atomic E-state index is -0.334. The Kier molecular flexibility index (Phi) is 7.11. The van der Waals surface area contributed by atoms with E-state index in [1.54, 1.807) is 31.3 Å². The van der Waals surface area contributed by atoms with E-state index >= 15 is 0 Å². The molecule has 30 heavy (non-hydrogen) atoms. The topological polar surface area (TPSA) is 72.4 Å². The van der Waals surface area contributed by atoms with Gasteiger partial charge in [-0.1, -0.05) is 17.3 Å². The monoisotopic (exact) mass is 415 g/mol. The maximum Gasteiger partial charge on any atom is 0.317 e. The van der Waals surface area contributed by atoms with E-state index in [0.29, 0.717) is 36.6 Å². The number of benzene rings is 2. The average Bonchev–Trinajstić information content (AvgIpc) is 3.21. The van der Waals surface area contributed by atoms with Crippen LogP contribution >= 0.6 is 0 Å². The van der Waals surface area contributed by atoms with Crippen molar-refractivity contribution in [2.24, 2.45) is 5.16 Å². The minimum Gasteiger partial charge on any atom is -0.493 e. The minimum absolute atomic E-state index is 0.232. The molecule has 0 aliphatic carbocycles. The van der Waals surface area contributed by atoms with Gasteiger partial charge in [0.05, 0.1) is 26.5 Å². The first-order valence-electron chi connectivity index (χ1n) is 9.76. The molecule has 2 aromatic carbocycles. The number of carbonyl (C=O) groups excluding carboxylic acids is 1. The lowest BCUT2D eigenvalue weighted by molar-refractivity contribution is 0.0590. The van der Waals surface area contributed by atoms with Gasteiger partial charge in [-0.2, -0.15) is 0 Å². The van der Waals surface area contributed by atoms with E-state index in [2.05, 4.69) is 10.5 Å². The molecule has 8 heteroatoms. The van der Waals surface area contributed by atoms with Crippen molar-refractivity contribution in [3.8, 4) is 11.5 Å². The first-order valence-corrected chi connectivity index (χ1v) is 9.76. The van der Waals surface area contributed by atoms with Crippen molar-refractivity contribution in [1.29, 1.82) is 0 Å². The predicted molar refractivity (Wildman–Crippen MR) is 111 cm³/mol. The third kappa shape index (κ3) is 5.20. The number of methoxy groups -OCH3 is 2. The molecule has 1 aliphatic rings. The SMILES string of the molecule is CCNC(=O)N(Cc1cccc(F)c1)C[C@H]1CC(c2ccc(OC)c(OC)c2)=NO1. The number of nitrogens with zero attached hydrogens (tertiary/aromatic N) is 2. The lowest BCUT2D eigenvalue weighted by Crippen LogP contribution is -2.43. The summed E-state index contributed by atoms with van der Waals surface area (Å²) in [6.07, 6.45) is 0.235. The Labute approximate surface area is 175 Å². The maximum atomic E-state index is 13.5. The van der Waals surface area contributed by atoms with Crippen molar-refractivity contribution in [3.63, 3.8) is 0 Å². The van der Waals surface area contributed by atoms with Gasteiger partial charge in [0.15, 0.2) is 17.6 Å². The molecule has 1 heterocycles. The van der Waals surface area contributed by atoms with Crippen LogP contribution in [-0.2, 0) is 11.4 Å². The van der Waals surface area contributed by atoms with Gasteiger partial charge in [0.25, 0.3) is 0 Å². The van der Waals surface area contributed by atoms with E-state index in [-0.39, 0.29) is 24.5 Å². The van der Waals surface area contributed by atoms with Gasteiger partial charge >= 0.3 is 6.03 Å². The first-order chi connectivity index (χ1) is 14.5. The van der Waals surface area contributed by atoms with Gasteiger partial charge < -0.3 is 24.5 Å². The van der Waals surface area contributed by atoms with Crippen LogP contribution in [0.1, 0.15) is 24.5 Å². The van der Waals surface area contributed by atoms with Gasteiger partial charge in [-0.15, -0.1) is 0 Å². The molecule has 1 N–H and O–H groups in total. The van der Waals surface area contributed by atoms with Crippen molar-refractivity contribution in [1.82, 2.24) is 10.2 Å². The van der Waals surface area contributed by atoms with E-state index in [9.17, 15) is 9.18 Å². The third-order valence-corrected chi connectivity index (χ3v) is 4.75. The van der Waals surface area contributed by atoms with Crippen LogP contribution in [0.25, 0.3) is 0 Å². The molecule has 0 radical (unpaired) electrons. The quantitative estimate of drug-likeness (QED) is 0.716. The number of carbonyl (C=O) groups is 1. The number of hydrogen-bond donors (Lipinski definition) is 1. The van der Waals surface area contributed by atoms with Crippen molar-refractivity contribution >= 4 is 11.7 Å². The van der Waals surface area contributed by atoms with Crippen molar-refractivity contribution in [3.05, 3.63) is 59.4 Å². The smallest absolute Gasteiger partial charge is 0.317 e. The van der Waals surface area contributed by atoms with Gasteiger partial charge in [-0.05, 0) is 42.8 Å². The van der Waals surface area contributed by atoms with Crippen LogP contribution in [0.5, 0.6) is 11.5 Å². The molecule has 2 aromatic rings. The van der Waals surface area contributed by atoms with Crippen molar-refractivity contribution in [2.75, 3.05) is 27.3 Å². The van der Waals surface area contributed by atoms with Crippen LogP contribution in [-0.4, -0.2) is 50.1 Å². The van der Waals surface area contributed by atoms with Gasteiger partial charge in [-0.3, -0.25) is 0 Å². The lowest BCUT2D eigenvalue weighted by Gasteiger charge is -2.25. The second kappa shape index (κ2) is 9.96. The number of halogens is 1. The fourth-order valence-corrected chi connectivity index (χ4v) is 3.30. The summed E-state index contributed by atoms with van der Waals surface area (Å²) in [6.45, 7) is 2.94. The molecule has 0 fully saturated rings. The van der Waals surface area contributed by atoms with Crippen molar-refractivity contribution < 1.29 is 23.5 Å². The van der Waals surface area contributed by atoms with E-state index < -0.39 is 0 Å². The maximum absolute atomic E-state index is 13.5. The van der Waals surface area contributed by atoms with Crippen LogP contribution < -0.4 is 14.8 Å². The summed E-state index contributed by atoms with van der Waals surface area (Å²) < 4.78 is 24.2. The third-order valence-electron chi connectivity index (χ3n) is 4.75. The van der Waals surface area contributed by atoms with Crippen LogP contribution in [0.3, 0.4) is 0 Å². The average molecular weight is 415 g/mol. The fraction of sp³-hybridized carbons (Fsp3) is 0.364. The molecule has 1 aliphatic heterocycles. The first kappa shape index (κ1) is 21.4. The highest BCUT2D eigenvalue weighted by molar-refractivity contribution is 6.01. The van der Waals surface area contributed by atoms with E-state index in [0.717, 1.165) is 11.3 Å². The summed E-state index contributed by atoms with van der Waals surface area (Å²) in [7, 11) is 3.16. The van der Waals surface area contributed by atoms with Gasteiger partial charge in [-0.25, -0.2) is 9.18 Å². The second-order valence-electron chi connectivity index (χ2n) is 6.89. The number of nitrogens with one attached hydrogen (secondary N) is 1. The highest BCUT2D eigenvalue weighted by Gasteiger charge is 2.27. The van der Waals surface area contributed by atoms with Gasteiger partial charge in [0.1, 0.15) is 5.82 Å². The Hall–Kier alpha value is -3.29. The number of rotatable bonds is 8. The van der Waals surface area contributed by atoms with Crippen molar-refractivity contribution in [2.45, 2.75) is 26.0 Å². The Morgan fingerprint density at radius 3 is 2.73 bits per heavy atom. The molecule has 1 atom stereocenters. The molecular weight excluding hydrogens is 389 g/mol. The van der Waals surface area contributed by atoms with Gasteiger partial charge in [0.2, 0.25) is 0 Å². The molecule has 7 nitrogen and oxygen atoms in total. The number of ether oxygens (including phenoxy) is 2. The zero-order chi connectivity index (χ0) is 21.5. The summed E-state index contributed by atoms with van der Waals surface area (Å²) >= 11 is 0. The number of amides is 2. The zero-order valence-electron chi connectivity index (χ0n) is 17.4. The molecular formula is C22H26FN3O4. The summed E-state index contributed by atoms with van der Waals surface area (Å²) in [4.78, 5) is 19.7. The Balaban J connectivity index is 1.68. The molecule has 2 amide bonds. The number of oxime groups is 1. The molecule has 0 aromatic heterocycles. The highest BCUT2D eigenvalue weighted by atomic mass is 19.1. The number of hydrogen-bond acceptors (Lipinski definition) is 5. The normalized spacial score (nSPS) is 15.2. The van der Waals surface area contributed by atoms with Crippen LogP contribution in [0.4, 0.5) is 9.18 Å². The molecule has 0 saturated heterocycles. The summed E-state index contributed by atoms with van der Waals surface area (Å²) in [6, 6.07) is 11.5. The fourth-order valence-electron chi connectivity index (χ4n) is 3.30. The van der Waals surface area contributed by atoms with E-state index in [1.807, 2.05) is 25.1 Å². The Morgan fingerprint density at radius 1 is 1.23 bits per heavy atom. The number of urea groups is 1. The largest absolute Gasteiger partial charge is 0.493 e. The van der Waals surface area contributed by atoms with E-state index in [1.165, 1.54) is 12.1 Å². The van der Waals surface area contributed by atoms with Crippen LogP contribution in [0.15, 0.2) is 47.6 Å². The summed E-state index contributed by atoms with van der Waals surface area (Å²) in [5.41, 5.74) is 2.34. The second-order valence-corrected chi connectivity index (χ2v) is 6.89. The lowest BCUT2D eigenvalue weighted by atomic mass is 10.0. The predicted octanol–water partition coefficient (Wildman–Crippen LogP) is 3.57. The molecule has 3 rings (SSSR count). The summed E-state index contributed by atoms with van der Waals surface area (Å²) in [5, 5.41) is 6.99. The standard InChI is InChI=1S/C22H26FN3O4/c1-4-24-22(27)26(13-15-6-5-7-17(23)10-15)14-18-12-19(25-30-18)16-8-9-20(28-2)21(11-16)29-3/h5-11,18H,4,12-14H2,1-3H3,(H,24,27)/t18-/m1/s1. The van der Waals surface area contributed by atoms with Gasteiger partial charge in [0, 0.05) is 25.1 Å². The summed E-state index contributed by atoms with van der Waals surface area (Å²) in [5.74, 6) is 0.908.